The van der Waals surface area contributed by atoms with Crippen LogP contribution in [0.3, 0.4) is 0 Å². The molecule has 0 saturated heterocycles. The predicted octanol–water partition coefficient (Wildman–Crippen LogP) is 4.82. The lowest BCUT2D eigenvalue weighted by Gasteiger charge is -2.12. The molecule has 9 heteroatoms. The summed E-state index contributed by atoms with van der Waals surface area (Å²) in [6, 6.07) is 8.44. The zero-order valence-electron chi connectivity index (χ0n) is 13.9. The van der Waals surface area contributed by atoms with Gasteiger partial charge in [0.2, 0.25) is 0 Å². The molecule has 0 aliphatic heterocycles. The molecule has 0 bridgehead atoms. The van der Waals surface area contributed by atoms with E-state index in [9.17, 15) is 31.1 Å². The summed E-state index contributed by atoms with van der Waals surface area (Å²) in [6.45, 7) is 0. The molecule has 28 heavy (non-hydrogen) atoms. The van der Waals surface area contributed by atoms with Crippen molar-refractivity contribution < 1.29 is 31.1 Å². The summed E-state index contributed by atoms with van der Waals surface area (Å²) in [7, 11) is 0. The SMILES string of the molecule is N#Cc1ccc(CC(=O)Cc2ccc(C#N)c(C(F)(F)F)c2)cc1C(F)(F)F. The van der Waals surface area contributed by atoms with Crippen molar-refractivity contribution in [2.45, 2.75) is 25.2 Å². The maximum atomic E-state index is 13.0. The molecular formula is C19H10F6N2O. The van der Waals surface area contributed by atoms with Gasteiger partial charge < -0.3 is 0 Å². The minimum atomic E-state index is -4.78. The third kappa shape index (κ3) is 4.89. The summed E-state index contributed by atoms with van der Waals surface area (Å²) < 4.78 is 77.7. The lowest BCUT2D eigenvalue weighted by Crippen LogP contribution is -2.12. The molecule has 0 aromatic heterocycles. The highest BCUT2D eigenvalue weighted by molar-refractivity contribution is 5.83. The van der Waals surface area contributed by atoms with Gasteiger partial charge in [0.1, 0.15) is 5.78 Å². The van der Waals surface area contributed by atoms with Crippen LogP contribution in [0.2, 0.25) is 0 Å². The number of alkyl halides is 6. The van der Waals surface area contributed by atoms with Gasteiger partial charge in [0, 0.05) is 12.8 Å². The number of Topliss-reactive ketones (excluding diaryl/α,β-unsaturated/α-hetero) is 1. The highest BCUT2D eigenvalue weighted by Crippen LogP contribution is 2.33. The first-order chi connectivity index (χ1) is 13.0. The quantitative estimate of drug-likeness (QED) is 0.696. The highest BCUT2D eigenvalue weighted by Gasteiger charge is 2.35. The highest BCUT2D eigenvalue weighted by atomic mass is 19.4. The summed E-state index contributed by atoms with van der Waals surface area (Å²) in [4.78, 5) is 12.1. The van der Waals surface area contributed by atoms with E-state index in [2.05, 4.69) is 0 Å². The second-order valence-electron chi connectivity index (χ2n) is 5.87. The van der Waals surface area contributed by atoms with Crippen molar-refractivity contribution in [2.75, 3.05) is 0 Å². The van der Waals surface area contributed by atoms with Crippen LogP contribution in [0.1, 0.15) is 33.4 Å². The van der Waals surface area contributed by atoms with Crippen LogP contribution in [0.25, 0.3) is 0 Å². The second-order valence-corrected chi connectivity index (χ2v) is 5.87. The molecule has 2 aromatic carbocycles. The molecule has 0 spiro atoms. The lowest BCUT2D eigenvalue weighted by molar-refractivity contribution is -0.138. The number of benzene rings is 2. The summed E-state index contributed by atoms with van der Waals surface area (Å²) >= 11 is 0. The number of carbonyl (C=O) groups excluding carboxylic acids is 1. The Balaban J connectivity index is 2.24. The second kappa shape index (κ2) is 7.73. The van der Waals surface area contributed by atoms with Crippen LogP contribution < -0.4 is 0 Å². The summed E-state index contributed by atoms with van der Waals surface area (Å²) in [5.41, 5.74) is -3.57. The van der Waals surface area contributed by atoms with Crippen molar-refractivity contribution in [1.82, 2.24) is 0 Å². The lowest BCUT2D eigenvalue weighted by atomic mass is 9.97. The first kappa shape index (κ1) is 21.0. The van der Waals surface area contributed by atoms with Crippen LogP contribution in [-0.2, 0) is 30.0 Å². The molecule has 144 valence electrons. The number of carbonyl (C=O) groups is 1. The van der Waals surface area contributed by atoms with Crippen LogP contribution in [0.15, 0.2) is 36.4 Å². The molecule has 3 nitrogen and oxygen atoms in total. The average molecular weight is 396 g/mol. The van der Waals surface area contributed by atoms with E-state index in [1.165, 1.54) is 24.3 Å². The van der Waals surface area contributed by atoms with Gasteiger partial charge in [-0.1, -0.05) is 12.1 Å². The van der Waals surface area contributed by atoms with Crippen molar-refractivity contribution in [3.8, 4) is 12.1 Å². The Hall–Kier alpha value is -3.33. The Kier molecular flexibility index (Phi) is 5.79. The van der Waals surface area contributed by atoms with Gasteiger partial charge in [-0.2, -0.15) is 36.9 Å². The molecule has 0 unspecified atom stereocenters. The zero-order chi connectivity index (χ0) is 21.1. The van der Waals surface area contributed by atoms with E-state index in [1.807, 2.05) is 0 Å². The molecule has 2 rings (SSSR count). The van der Waals surface area contributed by atoms with Crippen molar-refractivity contribution in [3.63, 3.8) is 0 Å². The molecule has 2 aromatic rings. The Morgan fingerprint density at radius 3 is 1.39 bits per heavy atom. The van der Waals surface area contributed by atoms with Gasteiger partial charge >= 0.3 is 12.4 Å². The van der Waals surface area contributed by atoms with Crippen LogP contribution in [0.5, 0.6) is 0 Å². The van der Waals surface area contributed by atoms with E-state index < -0.39 is 53.2 Å². The Bertz CT molecular complexity index is 914. The van der Waals surface area contributed by atoms with Gasteiger partial charge in [-0.3, -0.25) is 4.79 Å². The van der Waals surface area contributed by atoms with Crippen LogP contribution >= 0.6 is 0 Å². The van der Waals surface area contributed by atoms with Crippen molar-refractivity contribution in [1.29, 1.82) is 10.5 Å². The smallest absolute Gasteiger partial charge is 0.299 e. The first-order valence-corrected chi connectivity index (χ1v) is 7.68. The maximum Gasteiger partial charge on any atom is 0.417 e. The summed E-state index contributed by atoms with van der Waals surface area (Å²) in [5.74, 6) is -0.615. The van der Waals surface area contributed by atoms with Gasteiger partial charge in [-0.05, 0) is 35.4 Å². The van der Waals surface area contributed by atoms with Crippen molar-refractivity contribution >= 4 is 5.78 Å². The van der Waals surface area contributed by atoms with E-state index in [4.69, 9.17) is 10.5 Å². The third-order valence-corrected chi connectivity index (χ3v) is 3.82. The zero-order valence-corrected chi connectivity index (χ0v) is 13.9. The minimum Gasteiger partial charge on any atom is -0.299 e. The van der Waals surface area contributed by atoms with Gasteiger partial charge in [0.05, 0.1) is 34.4 Å². The normalized spacial score (nSPS) is 11.6. The first-order valence-electron chi connectivity index (χ1n) is 7.68. The van der Waals surface area contributed by atoms with Gasteiger partial charge in [0.15, 0.2) is 0 Å². The number of hydrogen-bond acceptors (Lipinski definition) is 3. The largest absolute Gasteiger partial charge is 0.417 e. The topological polar surface area (TPSA) is 64.7 Å². The number of ketones is 1. The van der Waals surface area contributed by atoms with Gasteiger partial charge in [-0.15, -0.1) is 0 Å². The van der Waals surface area contributed by atoms with E-state index in [1.54, 1.807) is 0 Å². The molecule has 0 saturated carbocycles. The fourth-order valence-corrected chi connectivity index (χ4v) is 2.58. The number of rotatable bonds is 4. The van der Waals surface area contributed by atoms with Gasteiger partial charge in [0.25, 0.3) is 0 Å². The summed E-state index contributed by atoms with van der Waals surface area (Å²) in [6.07, 6.45) is -10.5. The molecule has 0 aliphatic rings. The van der Waals surface area contributed by atoms with Crippen LogP contribution in [-0.4, -0.2) is 5.78 Å². The predicted molar refractivity (Wildman–Crippen MR) is 84.7 cm³/mol. The van der Waals surface area contributed by atoms with E-state index in [0.717, 1.165) is 12.1 Å². The monoisotopic (exact) mass is 396 g/mol. The van der Waals surface area contributed by atoms with Crippen LogP contribution in [0.4, 0.5) is 26.3 Å². The van der Waals surface area contributed by atoms with Crippen molar-refractivity contribution in [3.05, 3.63) is 69.8 Å². The number of nitriles is 2. The van der Waals surface area contributed by atoms with Crippen molar-refractivity contribution in [2.24, 2.45) is 0 Å². The van der Waals surface area contributed by atoms with E-state index in [0.29, 0.717) is 12.1 Å². The molecule has 0 amide bonds. The molecule has 0 aliphatic carbocycles. The molecule has 0 heterocycles. The molecule has 0 N–H and O–H groups in total. The average Bonchev–Trinajstić information content (AvgIpc) is 2.60. The minimum absolute atomic E-state index is 0.0129. The molecular weight excluding hydrogens is 386 g/mol. The third-order valence-electron chi connectivity index (χ3n) is 3.82. The molecule has 0 radical (unpaired) electrons. The Labute approximate surface area is 155 Å². The van der Waals surface area contributed by atoms with E-state index >= 15 is 0 Å². The standard InChI is InChI=1S/C19H10F6N2O/c20-18(21,22)16-7-11(1-3-13(16)9-26)5-15(28)6-12-2-4-14(10-27)17(8-12)19(23,24)25/h1-4,7-8H,5-6H2. The number of nitrogens with zero attached hydrogens (tertiary/aromatic N) is 2. The van der Waals surface area contributed by atoms with E-state index in [-0.39, 0.29) is 11.1 Å². The fourth-order valence-electron chi connectivity index (χ4n) is 2.58. The number of halogens is 6. The number of hydrogen-bond donors (Lipinski definition) is 0. The molecule has 0 atom stereocenters. The Morgan fingerprint density at radius 1 is 0.750 bits per heavy atom. The fraction of sp³-hybridized carbons (Fsp3) is 0.211. The maximum absolute atomic E-state index is 13.0. The summed E-state index contributed by atoms with van der Waals surface area (Å²) in [5, 5.41) is 17.5. The van der Waals surface area contributed by atoms with Gasteiger partial charge in [-0.25, -0.2) is 0 Å². The van der Waals surface area contributed by atoms with Crippen LogP contribution in [0, 0.1) is 22.7 Å². The Morgan fingerprint density at radius 2 is 1.11 bits per heavy atom. The molecule has 0 fully saturated rings.